The molecule has 0 N–H and O–H groups in total. The van der Waals surface area contributed by atoms with Crippen LogP contribution < -0.4 is 0 Å². The molecule has 0 saturated heterocycles. The zero-order valence-corrected chi connectivity index (χ0v) is 8.35. The molecule has 0 spiro atoms. The third-order valence-corrected chi connectivity index (χ3v) is 2.96. The molecule has 1 aliphatic rings. The molecular weight excluding hydrogens is 174 g/mol. The number of hydrogen-bond donors (Lipinski definition) is 0. The highest BCUT2D eigenvalue weighted by Crippen LogP contribution is 2.30. The highest BCUT2D eigenvalue weighted by molar-refractivity contribution is 6.02. The summed E-state index contributed by atoms with van der Waals surface area (Å²) in [5.41, 5.74) is 4.52. The van der Waals surface area contributed by atoms with Crippen LogP contribution in [0.25, 0.3) is 0 Å². The van der Waals surface area contributed by atoms with Gasteiger partial charge in [-0.25, -0.2) is 0 Å². The van der Waals surface area contributed by atoms with E-state index in [9.17, 15) is 4.79 Å². The van der Waals surface area contributed by atoms with Crippen molar-refractivity contribution in [3.63, 3.8) is 0 Å². The maximum absolute atomic E-state index is 11.6. The zero-order valence-electron chi connectivity index (χ0n) is 8.35. The Morgan fingerprint density at radius 2 is 2.07 bits per heavy atom. The number of carbonyl (C=O) groups excluding carboxylic acids is 1. The third kappa shape index (κ3) is 1.06. The molecule has 1 aliphatic carbocycles. The number of Topliss-reactive ketones (excluding diaryl/α,β-unsaturated/α-hetero) is 1. The molecule has 0 aliphatic heterocycles. The fourth-order valence-electron chi connectivity index (χ4n) is 2.07. The SMILES string of the molecule is Cc1cc(C#N)c2c(c1C)C(=O)CC2. The second-order valence-corrected chi connectivity index (χ2v) is 3.75. The van der Waals surface area contributed by atoms with Gasteiger partial charge in [0.15, 0.2) is 5.78 Å². The minimum absolute atomic E-state index is 0.192. The summed E-state index contributed by atoms with van der Waals surface area (Å²) in [7, 11) is 0. The van der Waals surface area contributed by atoms with E-state index < -0.39 is 0 Å². The van der Waals surface area contributed by atoms with E-state index in [4.69, 9.17) is 5.26 Å². The van der Waals surface area contributed by atoms with Crippen molar-refractivity contribution in [3.05, 3.63) is 33.9 Å². The highest BCUT2D eigenvalue weighted by Gasteiger charge is 2.25. The maximum Gasteiger partial charge on any atom is 0.163 e. The molecule has 14 heavy (non-hydrogen) atoms. The van der Waals surface area contributed by atoms with Gasteiger partial charge in [0.2, 0.25) is 0 Å². The van der Waals surface area contributed by atoms with Crippen molar-refractivity contribution in [2.24, 2.45) is 0 Å². The summed E-state index contributed by atoms with van der Waals surface area (Å²) < 4.78 is 0. The van der Waals surface area contributed by atoms with Gasteiger partial charge in [-0.15, -0.1) is 0 Å². The Morgan fingerprint density at radius 3 is 2.71 bits per heavy atom. The van der Waals surface area contributed by atoms with Crippen molar-refractivity contribution in [1.29, 1.82) is 5.26 Å². The minimum atomic E-state index is 0.192. The van der Waals surface area contributed by atoms with E-state index in [2.05, 4.69) is 6.07 Å². The first-order valence-electron chi connectivity index (χ1n) is 4.71. The van der Waals surface area contributed by atoms with E-state index in [-0.39, 0.29) is 5.78 Å². The van der Waals surface area contributed by atoms with Crippen LogP contribution in [0.4, 0.5) is 0 Å². The number of nitrogens with zero attached hydrogens (tertiary/aromatic N) is 1. The lowest BCUT2D eigenvalue weighted by Crippen LogP contribution is -1.99. The monoisotopic (exact) mass is 185 g/mol. The van der Waals surface area contributed by atoms with Crippen molar-refractivity contribution >= 4 is 5.78 Å². The summed E-state index contributed by atoms with van der Waals surface area (Å²) in [6.45, 7) is 3.90. The lowest BCUT2D eigenvalue weighted by atomic mass is 9.95. The van der Waals surface area contributed by atoms with Crippen LogP contribution in [0.1, 0.15) is 39.0 Å². The normalized spacial score (nSPS) is 13.9. The number of nitriles is 1. The summed E-state index contributed by atoms with van der Waals surface area (Å²) in [5, 5.41) is 8.94. The van der Waals surface area contributed by atoms with Crippen molar-refractivity contribution in [2.75, 3.05) is 0 Å². The molecule has 2 nitrogen and oxygen atoms in total. The second-order valence-electron chi connectivity index (χ2n) is 3.75. The van der Waals surface area contributed by atoms with Crippen LogP contribution in [0, 0.1) is 25.2 Å². The predicted molar refractivity (Wildman–Crippen MR) is 53.3 cm³/mol. The molecule has 0 atom stereocenters. The molecule has 0 bridgehead atoms. The van der Waals surface area contributed by atoms with E-state index in [1.165, 1.54) is 0 Å². The molecule has 70 valence electrons. The molecule has 2 rings (SSSR count). The van der Waals surface area contributed by atoms with E-state index >= 15 is 0 Å². The molecule has 0 amide bonds. The van der Waals surface area contributed by atoms with E-state index in [0.717, 1.165) is 28.7 Å². The average Bonchev–Trinajstić information content (AvgIpc) is 2.54. The van der Waals surface area contributed by atoms with Crippen LogP contribution in [0.15, 0.2) is 6.07 Å². The van der Waals surface area contributed by atoms with E-state index in [0.29, 0.717) is 12.0 Å². The number of rotatable bonds is 0. The van der Waals surface area contributed by atoms with Gasteiger partial charge in [-0.05, 0) is 43.0 Å². The molecule has 0 radical (unpaired) electrons. The van der Waals surface area contributed by atoms with Crippen LogP contribution in [0.2, 0.25) is 0 Å². The van der Waals surface area contributed by atoms with Gasteiger partial charge >= 0.3 is 0 Å². The van der Waals surface area contributed by atoms with Crippen molar-refractivity contribution in [1.82, 2.24) is 0 Å². The lowest BCUT2D eigenvalue weighted by Gasteiger charge is -2.07. The Bertz CT molecular complexity index is 466. The first-order chi connectivity index (χ1) is 6.65. The standard InChI is InChI=1S/C12H11NO/c1-7-5-9(6-13)10-3-4-11(14)12(10)8(7)2/h5H,3-4H2,1-2H3. The Labute approximate surface area is 83.2 Å². The van der Waals surface area contributed by atoms with Crippen LogP contribution in [0.5, 0.6) is 0 Å². The Kier molecular flexibility index (Phi) is 1.89. The largest absolute Gasteiger partial charge is 0.294 e. The third-order valence-electron chi connectivity index (χ3n) is 2.96. The topological polar surface area (TPSA) is 40.9 Å². The second kappa shape index (κ2) is 2.95. The number of ketones is 1. The van der Waals surface area contributed by atoms with Gasteiger partial charge in [0, 0.05) is 12.0 Å². The number of fused-ring (bicyclic) bond motifs is 1. The van der Waals surface area contributed by atoms with Crippen LogP contribution in [-0.4, -0.2) is 5.78 Å². The molecular formula is C12H11NO. The summed E-state index contributed by atoms with van der Waals surface area (Å²) >= 11 is 0. The van der Waals surface area contributed by atoms with Crippen molar-refractivity contribution in [3.8, 4) is 6.07 Å². The van der Waals surface area contributed by atoms with Gasteiger partial charge in [0.25, 0.3) is 0 Å². The molecule has 1 aromatic rings. The van der Waals surface area contributed by atoms with Crippen molar-refractivity contribution < 1.29 is 4.79 Å². The quantitative estimate of drug-likeness (QED) is 0.622. The lowest BCUT2D eigenvalue weighted by molar-refractivity contribution is 0.0994. The smallest absolute Gasteiger partial charge is 0.163 e. The molecule has 0 saturated carbocycles. The highest BCUT2D eigenvalue weighted by atomic mass is 16.1. The number of hydrogen-bond acceptors (Lipinski definition) is 2. The van der Waals surface area contributed by atoms with E-state index in [1.807, 2.05) is 19.9 Å². The number of benzene rings is 1. The van der Waals surface area contributed by atoms with Crippen LogP contribution in [-0.2, 0) is 6.42 Å². The van der Waals surface area contributed by atoms with Gasteiger partial charge in [-0.1, -0.05) is 0 Å². The summed E-state index contributed by atoms with van der Waals surface area (Å²) in [4.78, 5) is 11.6. The summed E-state index contributed by atoms with van der Waals surface area (Å²) in [6.07, 6.45) is 1.30. The van der Waals surface area contributed by atoms with Gasteiger partial charge in [0.05, 0.1) is 11.6 Å². The van der Waals surface area contributed by atoms with Crippen LogP contribution >= 0.6 is 0 Å². The Hall–Kier alpha value is -1.62. The fourth-order valence-corrected chi connectivity index (χ4v) is 2.07. The molecule has 0 unspecified atom stereocenters. The van der Waals surface area contributed by atoms with Gasteiger partial charge < -0.3 is 0 Å². The van der Waals surface area contributed by atoms with Crippen molar-refractivity contribution in [2.45, 2.75) is 26.7 Å². The first-order valence-corrected chi connectivity index (χ1v) is 4.71. The maximum atomic E-state index is 11.6. The molecule has 1 aromatic carbocycles. The van der Waals surface area contributed by atoms with Gasteiger partial charge in [-0.3, -0.25) is 4.79 Å². The molecule has 0 heterocycles. The molecule has 2 heteroatoms. The average molecular weight is 185 g/mol. The van der Waals surface area contributed by atoms with Gasteiger partial charge in [0.1, 0.15) is 0 Å². The van der Waals surface area contributed by atoms with Gasteiger partial charge in [-0.2, -0.15) is 5.26 Å². The zero-order chi connectivity index (χ0) is 10.3. The first kappa shape index (κ1) is 8.96. The molecule has 0 aromatic heterocycles. The Balaban J connectivity index is 2.81. The van der Waals surface area contributed by atoms with E-state index in [1.54, 1.807) is 0 Å². The predicted octanol–water partition coefficient (Wildman–Crippen LogP) is 2.30. The summed E-state index contributed by atoms with van der Waals surface area (Å²) in [5.74, 6) is 0.192. The number of carbonyl (C=O) groups is 1. The fraction of sp³-hybridized carbons (Fsp3) is 0.333. The number of aryl methyl sites for hydroxylation is 1. The Morgan fingerprint density at radius 1 is 1.36 bits per heavy atom. The molecule has 0 fully saturated rings. The minimum Gasteiger partial charge on any atom is -0.294 e. The van der Waals surface area contributed by atoms with Crippen LogP contribution in [0.3, 0.4) is 0 Å². The summed E-state index contributed by atoms with van der Waals surface area (Å²) in [6, 6.07) is 4.05.